The van der Waals surface area contributed by atoms with Gasteiger partial charge in [0.05, 0.1) is 6.61 Å². The first kappa shape index (κ1) is 11.2. The molecule has 2 aliphatic rings. The maximum absolute atomic E-state index is 5.78. The first-order chi connectivity index (χ1) is 9.21. The van der Waals surface area contributed by atoms with Crippen molar-refractivity contribution in [3.8, 4) is 11.1 Å². The highest BCUT2D eigenvalue weighted by Crippen LogP contribution is 2.53. The van der Waals surface area contributed by atoms with Gasteiger partial charge in [-0.25, -0.2) is 0 Å². The van der Waals surface area contributed by atoms with Crippen molar-refractivity contribution in [2.45, 2.75) is 25.7 Å². The second kappa shape index (κ2) is 3.71. The van der Waals surface area contributed by atoms with Crippen LogP contribution >= 0.6 is 0 Å². The monoisotopic (exact) mass is 250 g/mol. The van der Waals surface area contributed by atoms with Crippen LogP contribution in [0.1, 0.15) is 28.7 Å². The second-order valence-electron chi connectivity index (χ2n) is 5.98. The van der Waals surface area contributed by atoms with E-state index >= 15 is 0 Å². The van der Waals surface area contributed by atoms with E-state index < -0.39 is 0 Å². The van der Waals surface area contributed by atoms with Crippen molar-refractivity contribution in [2.75, 3.05) is 13.2 Å². The van der Waals surface area contributed by atoms with Crippen LogP contribution in [0.5, 0.6) is 0 Å². The van der Waals surface area contributed by atoms with Gasteiger partial charge in [0.2, 0.25) is 0 Å². The molecule has 0 atom stereocenters. The average Bonchev–Trinajstić information content (AvgIpc) is 2.97. The molecule has 1 aliphatic carbocycles. The van der Waals surface area contributed by atoms with Crippen LogP contribution in [-0.4, -0.2) is 13.2 Å². The molecule has 0 amide bonds. The number of benzene rings is 2. The van der Waals surface area contributed by atoms with Crippen molar-refractivity contribution in [1.82, 2.24) is 0 Å². The summed E-state index contributed by atoms with van der Waals surface area (Å²) in [5.41, 5.74) is 8.57. The fourth-order valence-electron chi connectivity index (χ4n) is 3.71. The molecule has 0 bridgehead atoms. The van der Waals surface area contributed by atoms with Crippen LogP contribution in [0.4, 0.5) is 0 Å². The van der Waals surface area contributed by atoms with Gasteiger partial charge < -0.3 is 4.74 Å². The van der Waals surface area contributed by atoms with Gasteiger partial charge in [-0.05, 0) is 42.5 Å². The SMILES string of the molecule is Cc1ccc2c(c1)C1(CCOC1)c1cc(C)ccc1-2. The summed E-state index contributed by atoms with van der Waals surface area (Å²) in [5.74, 6) is 0. The van der Waals surface area contributed by atoms with Gasteiger partial charge in [0.25, 0.3) is 0 Å². The zero-order valence-corrected chi connectivity index (χ0v) is 11.5. The summed E-state index contributed by atoms with van der Waals surface area (Å²) < 4.78 is 5.78. The molecule has 0 radical (unpaired) electrons. The lowest BCUT2D eigenvalue weighted by Crippen LogP contribution is -2.25. The van der Waals surface area contributed by atoms with E-state index in [2.05, 4.69) is 50.2 Å². The smallest absolute Gasteiger partial charge is 0.0605 e. The normalized spacial score (nSPS) is 18.6. The van der Waals surface area contributed by atoms with Crippen LogP contribution in [0.3, 0.4) is 0 Å². The number of hydrogen-bond donors (Lipinski definition) is 0. The standard InChI is InChI=1S/C18H18O/c1-12-3-5-14-15-6-4-13(2)10-17(15)18(16(14)9-12)7-8-19-11-18/h3-6,9-10H,7-8,11H2,1-2H3. The largest absolute Gasteiger partial charge is 0.380 e. The molecule has 0 N–H and O–H groups in total. The Morgan fingerprint density at radius 3 is 1.95 bits per heavy atom. The number of ether oxygens (including phenoxy) is 1. The molecule has 1 heteroatoms. The quantitative estimate of drug-likeness (QED) is 0.687. The van der Waals surface area contributed by atoms with E-state index in [9.17, 15) is 0 Å². The van der Waals surface area contributed by atoms with Crippen LogP contribution in [0.25, 0.3) is 11.1 Å². The molecular formula is C18H18O. The van der Waals surface area contributed by atoms with Crippen LogP contribution in [0, 0.1) is 13.8 Å². The zero-order chi connectivity index (χ0) is 13.0. The van der Waals surface area contributed by atoms with Crippen molar-refractivity contribution in [2.24, 2.45) is 0 Å². The summed E-state index contributed by atoms with van der Waals surface area (Å²) >= 11 is 0. The Balaban J connectivity index is 2.07. The van der Waals surface area contributed by atoms with Crippen molar-refractivity contribution in [3.63, 3.8) is 0 Å². The average molecular weight is 250 g/mol. The summed E-state index contributed by atoms with van der Waals surface area (Å²) in [5, 5.41) is 0. The summed E-state index contributed by atoms with van der Waals surface area (Å²) in [6.07, 6.45) is 1.11. The molecule has 1 aliphatic heterocycles. The number of fused-ring (bicyclic) bond motifs is 5. The predicted molar refractivity (Wildman–Crippen MR) is 77.6 cm³/mol. The van der Waals surface area contributed by atoms with Gasteiger partial charge in [0, 0.05) is 12.0 Å². The van der Waals surface area contributed by atoms with E-state index in [4.69, 9.17) is 4.74 Å². The molecule has 19 heavy (non-hydrogen) atoms. The van der Waals surface area contributed by atoms with Gasteiger partial charge in [-0.15, -0.1) is 0 Å². The van der Waals surface area contributed by atoms with Gasteiger partial charge in [-0.1, -0.05) is 47.5 Å². The molecule has 0 aromatic heterocycles. The van der Waals surface area contributed by atoms with E-state index in [0.717, 1.165) is 19.6 Å². The summed E-state index contributed by atoms with van der Waals surface area (Å²) in [7, 11) is 0. The highest BCUT2D eigenvalue weighted by Gasteiger charge is 2.45. The Hall–Kier alpha value is -1.60. The lowest BCUT2D eigenvalue weighted by Gasteiger charge is -2.25. The van der Waals surface area contributed by atoms with Crippen molar-refractivity contribution in [3.05, 3.63) is 58.7 Å². The van der Waals surface area contributed by atoms with E-state index in [1.54, 1.807) is 0 Å². The molecule has 1 nitrogen and oxygen atoms in total. The molecule has 1 fully saturated rings. The molecule has 4 rings (SSSR count). The summed E-state index contributed by atoms with van der Waals surface area (Å²) in [6, 6.07) is 13.7. The highest BCUT2D eigenvalue weighted by atomic mass is 16.5. The fourth-order valence-corrected chi connectivity index (χ4v) is 3.71. The van der Waals surface area contributed by atoms with Crippen molar-refractivity contribution < 1.29 is 4.74 Å². The van der Waals surface area contributed by atoms with Gasteiger partial charge >= 0.3 is 0 Å². The van der Waals surface area contributed by atoms with Gasteiger partial charge in [0.1, 0.15) is 0 Å². The molecule has 0 saturated carbocycles. The number of hydrogen-bond acceptors (Lipinski definition) is 1. The van der Waals surface area contributed by atoms with Crippen LogP contribution < -0.4 is 0 Å². The van der Waals surface area contributed by atoms with Gasteiger partial charge in [-0.2, -0.15) is 0 Å². The third-order valence-electron chi connectivity index (χ3n) is 4.69. The Labute approximate surface area is 114 Å². The van der Waals surface area contributed by atoms with Gasteiger partial charge in [0.15, 0.2) is 0 Å². The maximum Gasteiger partial charge on any atom is 0.0605 e. The van der Waals surface area contributed by atoms with Crippen molar-refractivity contribution >= 4 is 0 Å². The molecule has 2 aromatic rings. The minimum Gasteiger partial charge on any atom is -0.380 e. The minimum absolute atomic E-state index is 0.114. The molecule has 1 spiro atoms. The van der Waals surface area contributed by atoms with E-state index in [1.807, 2.05) is 0 Å². The van der Waals surface area contributed by atoms with Gasteiger partial charge in [-0.3, -0.25) is 0 Å². The van der Waals surface area contributed by atoms with E-state index in [1.165, 1.54) is 33.4 Å². The molecule has 96 valence electrons. The Kier molecular flexibility index (Phi) is 2.19. The summed E-state index contributed by atoms with van der Waals surface area (Å²) in [6.45, 7) is 6.07. The molecule has 2 aromatic carbocycles. The third-order valence-corrected chi connectivity index (χ3v) is 4.69. The Morgan fingerprint density at radius 1 is 0.895 bits per heavy atom. The zero-order valence-electron chi connectivity index (χ0n) is 11.5. The lowest BCUT2D eigenvalue weighted by molar-refractivity contribution is 0.185. The Bertz CT molecular complexity index is 610. The number of aryl methyl sites for hydroxylation is 2. The van der Waals surface area contributed by atoms with E-state index in [-0.39, 0.29) is 5.41 Å². The first-order valence-electron chi connectivity index (χ1n) is 7.01. The summed E-state index contributed by atoms with van der Waals surface area (Å²) in [4.78, 5) is 0. The van der Waals surface area contributed by atoms with Crippen LogP contribution in [0.2, 0.25) is 0 Å². The van der Waals surface area contributed by atoms with E-state index in [0.29, 0.717) is 0 Å². The van der Waals surface area contributed by atoms with Crippen LogP contribution in [-0.2, 0) is 10.2 Å². The molecular weight excluding hydrogens is 232 g/mol. The number of rotatable bonds is 0. The molecule has 1 saturated heterocycles. The second-order valence-corrected chi connectivity index (χ2v) is 5.98. The fraction of sp³-hybridized carbons (Fsp3) is 0.333. The van der Waals surface area contributed by atoms with Crippen LogP contribution in [0.15, 0.2) is 36.4 Å². The Morgan fingerprint density at radius 2 is 1.47 bits per heavy atom. The lowest BCUT2D eigenvalue weighted by atomic mass is 9.77. The topological polar surface area (TPSA) is 9.23 Å². The van der Waals surface area contributed by atoms with Crippen molar-refractivity contribution in [1.29, 1.82) is 0 Å². The molecule has 0 unspecified atom stereocenters. The minimum atomic E-state index is 0.114. The molecule has 1 heterocycles. The third kappa shape index (κ3) is 1.39. The maximum atomic E-state index is 5.78. The first-order valence-corrected chi connectivity index (χ1v) is 7.01. The highest BCUT2D eigenvalue weighted by molar-refractivity contribution is 5.82. The predicted octanol–water partition coefficient (Wildman–Crippen LogP) is 3.99.